The molecule has 1 amide bonds. The molecular weight excluding hydrogens is 384 g/mol. The molecule has 2 aromatic rings. The summed E-state index contributed by atoms with van der Waals surface area (Å²) in [4.78, 5) is 29.2. The van der Waals surface area contributed by atoms with Gasteiger partial charge in [-0.1, -0.05) is 11.3 Å². The highest BCUT2D eigenvalue weighted by Gasteiger charge is 2.10. The summed E-state index contributed by atoms with van der Waals surface area (Å²) in [6, 6.07) is 6.40. The number of nitrogens with one attached hydrogen (secondary N) is 1. The molecule has 1 aliphatic rings. The molecule has 10 heteroatoms. The highest BCUT2D eigenvalue weighted by molar-refractivity contribution is 7.16. The predicted molar refractivity (Wildman–Crippen MR) is 106 cm³/mol. The van der Waals surface area contributed by atoms with Crippen molar-refractivity contribution in [2.24, 2.45) is 0 Å². The Morgan fingerprint density at radius 3 is 2.86 bits per heavy atom. The Morgan fingerprint density at radius 1 is 1.36 bits per heavy atom. The standard InChI is InChI=1S/C18H20N4O5S/c23-16(4-2-15-3-6-18(28-15)22(24)25)20-14-1-5-17(19-13-14)27-12-9-21-7-10-26-11-8-21/h1-6,13H,7-12H2,(H,20,23)/b4-2+. The molecule has 9 nitrogen and oxygen atoms in total. The lowest BCUT2D eigenvalue weighted by Gasteiger charge is -2.26. The molecule has 0 atom stereocenters. The van der Waals surface area contributed by atoms with Crippen LogP contribution in [0.3, 0.4) is 0 Å². The summed E-state index contributed by atoms with van der Waals surface area (Å²) in [7, 11) is 0. The monoisotopic (exact) mass is 404 g/mol. The summed E-state index contributed by atoms with van der Waals surface area (Å²) in [6.07, 6.45) is 4.37. The molecular formula is C18H20N4O5S. The van der Waals surface area contributed by atoms with Crippen molar-refractivity contribution in [3.8, 4) is 5.88 Å². The second-order valence-corrected chi connectivity index (χ2v) is 7.04. The first kappa shape index (κ1) is 19.9. The van der Waals surface area contributed by atoms with Gasteiger partial charge < -0.3 is 14.8 Å². The molecule has 0 bridgehead atoms. The number of carbonyl (C=O) groups excluding carboxylic acids is 1. The van der Waals surface area contributed by atoms with E-state index in [1.54, 1.807) is 18.2 Å². The summed E-state index contributed by atoms with van der Waals surface area (Å²) in [5, 5.41) is 13.4. The van der Waals surface area contributed by atoms with Crippen molar-refractivity contribution >= 4 is 34.0 Å². The van der Waals surface area contributed by atoms with Gasteiger partial charge in [0.15, 0.2) is 0 Å². The Morgan fingerprint density at radius 2 is 2.18 bits per heavy atom. The third kappa shape index (κ3) is 6.12. The predicted octanol–water partition coefficient (Wildman–Crippen LogP) is 2.41. The fourth-order valence-electron chi connectivity index (χ4n) is 2.52. The van der Waals surface area contributed by atoms with Gasteiger partial charge >= 0.3 is 5.00 Å². The maximum absolute atomic E-state index is 12.0. The number of hydrogen-bond acceptors (Lipinski definition) is 8. The lowest BCUT2D eigenvalue weighted by Crippen LogP contribution is -2.38. The molecule has 148 valence electrons. The SMILES string of the molecule is O=C(/C=C/c1ccc([N+](=O)[O-])s1)Nc1ccc(OCCN2CCOCC2)nc1. The summed E-state index contributed by atoms with van der Waals surface area (Å²) >= 11 is 1.00. The average molecular weight is 404 g/mol. The molecule has 1 fully saturated rings. The Bertz CT molecular complexity index is 831. The zero-order chi connectivity index (χ0) is 19.8. The number of aromatic nitrogens is 1. The quantitative estimate of drug-likeness (QED) is 0.409. The molecule has 0 saturated carbocycles. The number of nitro groups is 1. The maximum atomic E-state index is 12.0. The van der Waals surface area contributed by atoms with E-state index in [2.05, 4.69) is 15.2 Å². The topological polar surface area (TPSA) is 107 Å². The summed E-state index contributed by atoms with van der Waals surface area (Å²) in [6.45, 7) is 4.68. The summed E-state index contributed by atoms with van der Waals surface area (Å²) < 4.78 is 10.9. The van der Waals surface area contributed by atoms with Crippen LogP contribution in [-0.4, -0.2) is 60.2 Å². The lowest BCUT2D eigenvalue weighted by atomic mass is 10.3. The van der Waals surface area contributed by atoms with Gasteiger partial charge in [-0.05, 0) is 18.2 Å². The number of ether oxygens (including phenoxy) is 2. The van der Waals surface area contributed by atoms with Gasteiger partial charge in [0.25, 0.3) is 0 Å². The Balaban J connectivity index is 1.43. The molecule has 1 aliphatic heterocycles. The average Bonchev–Trinajstić information content (AvgIpc) is 3.18. The van der Waals surface area contributed by atoms with E-state index in [1.165, 1.54) is 24.4 Å². The van der Waals surface area contributed by atoms with Crippen LogP contribution in [0.25, 0.3) is 6.08 Å². The minimum atomic E-state index is -0.460. The van der Waals surface area contributed by atoms with Crippen molar-refractivity contribution in [3.05, 3.63) is 51.5 Å². The fourth-order valence-corrected chi connectivity index (χ4v) is 3.24. The Hall–Kier alpha value is -2.82. The number of anilines is 1. The van der Waals surface area contributed by atoms with Crippen molar-refractivity contribution in [2.75, 3.05) is 44.8 Å². The third-order valence-corrected chi connectivity index (χ3v) is 4.96. The molecule has 2 aromatic heterocycles. The van der Waals surface area contributed by atoms with Crippen LogP contribution in [0.15, 0.2) is 36.5 Å². The minimum absolute atomic E-state index is 0.0356. The Kier molecular flexibility index (Phi) is 7.06. The maximum Gasteiger partial charge on any atom is 0.324 e. The van der Waals surface area contributed by atoms with Gasteiger partial charge in [-0.25, -0.2) is 4.98 Å². The number of morpholine rings is 1. The Labute approximate surface area is 165 Å². The van der Waals surface area contributed by atoms with E-state index in [-0.39, 0.29) is 10.9 Å². The van der Waals surface area contributed by atoms with Gasteiger partial charge in [0.1, 0.15) is 6.61 Å². The second-order valence-electron chi connectivity index (χ2n) is 5.94. The highest BCUT2D eigenvalue weighted by atomic mass is 32.1. The molecule has 0 aromatic carbocycles. The summed E-state index contributed by atoms with van der Waals surface area (Å²) in [5.41, 5.74) is 0.535. The van der Waals surface area contributed by atoms with E-state index >= 15 is 0 Å². The normalized spacial score (nSPS) is 14.9. The molecule has 28 heavy (non-hydrogen) atoms. The van der Waals surface area contributed by atoms with E-state index in [0.29, 0.717) is 23.1 Å². The van der Waals surface area contributed by atoms with E-state index in [1.807, 2.05) is 0 Å². The smallest absolute Gasteiger partial charge is 0.324 e. The zero-order valence-electron chi connectivity index (χ0n) is 15.1. The molecule has 0 spiro atoms. The van der Waals surface area contributed by atoms with E-state index in [0.717, 1.165) is 44.2 Å². The fraction of sp³-hybridized carbons (Fsp3) is 0.333. The number of pyridine rings is 1. The van der Waals surface area contributed by atoms with E-state index in [9.17, 15) is 14.9 Å². The van der Waals surface area contributed by atoms with Crippen LogP contribution in [0.2, 0.25) is 0 Å². The number of carbonyl (C=O) groups is 1. The van der Waals surface area contributed by atoms with E-state index in [4.69, 9.17) is 9.47 Å². The molecule has 1 saturated heterocycles. The first-order valence-electron chi connectivity index (χ1n) is 8.72. The van der Waals surface area contributed by atoms with Crippen LogP contribution in [0, 0.1) is 10.1 Å². The van der Waals surface area contributed by atoms with Crippen molar-refractivity contribution < 1.29 is 19.2 Å². The van der Waals surface area contributed by atoms with Crippen molar-refractivity contribution in [2.45, 2.75) is 0 Å². The molecule has 0 aliphatic carbocycles. The number of rotatable bonds is 8. The lowest BCUT2D eigenvalue weighted by molar-refractivity contribution is -0.380. The highest BCUT2D eigenvalue weighted by Crippen LogP contribution is 2.24. The molecule has 3 rings (SSSR count). The van der Waals surface area contributed by atoms with Crippen LogP contribution < -0.4 is 10.1 Å². The largest absolute Gasteiger partial charge is 0.476 e. The van der Waals surface area contributed by atoms with E-state index < -0.39 is 4.92 Å². The van der Waals surface area contributed by atoms with Crippen LogP contribution >= 0.6 is 11.3 Å². The number of thiophene rings is 1. The molecule has 0 radical (unpaired) electrons. The van der Waals surface area contributed by atoms with Gasteiger partial charge in [-0.3, -0.25) is 19.8 Å². The number of amides is 1. The van der Waals surface area contributed by atoms with Gasteiger partial charge in [0, 0.05) is 42.7 Å². The number of hydrogen-bond donors (Lipinski definition) is 1. The zero-order valence-corrected chi connectivity index (χ0v) is 15.9. The van der Waals surface area contributed by atoms with Crippen LogP contribution in [-0.2, 0) is 9.53 Å². The minimum Gasteiger partial charge on any atom is -0.476 e. The first-order valence-corrected chi connectivity index (χ1v) is 9.54. The van der Waals surface area contributed by atoms with Gasteiger partial charge in [-0.2, -0.15) is 0 Å². The van der Waals surface area contributed by atoms with Crippen molar-refractivity contribution in [1.29, 1.82) is 0 Å². The number of nitrogens with zero attached hydrogens (tertiary/aromatic N) is 3. The third-order valence-electron chi connectivity index (χ3n) is 3.96. The molecule has 3 heterocycles. The molecule has 1 N–H and O–H groups in total. The summed E-state index contributed by atoms with van der Waals surface area (Å²) in [5.74, 6) is 0.145. The van der Waals surface area contributed by atoms with Gasteiger partial charge in [0.05, 0.1) is 30.0 Å². The van der Waals surface area contributed by atoms with Gasteiger partial charge in [-0.15, -0.1) is 0 Å². The van der Waals surface area contributed by atoms with Crippen molar-refractivity contribution in [3.63, 3.8) is 0 Å². The van der Waals surface area contributed by atoms with Crippen LogP contribution in [0.5, 0.6) is 5.88 Å². The van der Waals surface area contributed by atoms with Crippen LogP contribution in [0.1, 0.15) is 4.88 Å². The first-order chi connectivity index (χ1) is 13.6. The van der Waals surface area contributed by atoms with Gasteiger partial charge in [0.2, 0.25) is 11.8 Å². The van der Waals surface area contributed by atoms with Crippen LogP contribution in [0.4, 0.5) is 10.7 Å². The van der Waals surface area contributed by atoms with Crippen molar-refractivity contribution in [1.82, 2.24) is 9.88 Å². The second kappa shape index (κ2) is 9.93. The molecule has 0 unspecified atom stereocenters.